The van der Waals surface area contributed by atoms with Gasteiger partial charge in [0.25, 0.3) is 0 Å². The molecule has 0 radical (unpaired) electrons. The van der Waals surface area contributed by atoms with E-state index in [1.54, 1.807) is 0 Å². The van der Waals surface area contributed by atoms with Crippen LogP contribution in [0.2, 0.25) is 0 Å². The van der Waals surface area contributed by atoms with Gasteiger partial charge < -0.3 is 13.3 Å². The van der Waals surface area contributed by atoms with Crippen LogP contribution < -0.4 is 0 Å². The minimum Gasteiger partial charge on any atom is -0.445 e. The summed E-state index contributed by atoms with van der Waals surface area (Å²) in [5.74, 6) is -1.97. The lowest BCUT2D eigenvalue weighted by Gasteiger charge is -2.18. The maximum absolute atomic E-state index is 13.3. The largest absolute Gasteiger partial charge is 0.793 e. The Morgan fingerprint density at radius 1 is 1.29 bits per heavy atom. The fourth-order valence-electron chi connectivity index (χ4n) is 0.610. The van der Waals surface area contributed by atoms with E-state index in [2.05, 4.69) is 13.3 Å². The van der Waals surface area contributed by atoms with E-state index in [0.29, 0.717) is 0 Å². The van der Waals surface area contributed by atoms with Crippen LogP contribution in [0, 0.1) is 0 Å². The molecule has 0 fully saturated rings. The second-order valence-corrected chi connectivity index (χ2v) is 3.81. The highest BCUT2D eigenvalue weighted by Crippen LogP contribution is 2.13. The van der Waals surface area contributed by atoms with Gasteiger partial charge in [0.15, 0.2) is 0 Å². The molecule has 0 aliphatic heterocycles. The Balaban J connectivity index is 4.27. The molecule has 84 valence electrons. The highest BCUT2D eigenvalue weighted by molar-refractivity contribution is 6.54. The predicted octanol–water partition coefficient (Wildman–Crippen LogP) is 1.27. The van der Waals surface area contributed by atoms with Crippen molar-refractivity contribution in [1.82, 2.24) is 0 Å². The fourth-order valence-corrected chi connectivity index (χ4v) is 1.83. The van der Waals surface area contributed by atoms with E-state index in [-0.39, 0.29) is 13.2 Å². The van der Waals surface area contributed by atoms with Gasteiger partial charge in [-0.15, -0.1) is 0 Å². The summed E-state index contributed by atoms with van der Waals surface area (Å²) in [5.41, 5.74) is 0. The first-order chi connectivity index (χ1) is 6.45. The second-order valence-electron chi connectivity index (χ2n) is 2.07. The van der Waals surface area contributed by atoms with Gasteiger partial charge in [-0.3, -0.25) is 0 Å². The van der Waals surface area contributed by atoms with Crippen LogP contribution in [0.3, 0.4) is 0 Å². The molecule has 8 heteroatoms. The van der Waals surface area contributed by atoms with Crippen molar-refractivity contribution >= 4 is 15.1 Å². The van der Waals surface area contributed by atoms with Gasteiger partial charge in [-0.05, 0) is 13.8 Å². The van der Waals surface area contributed by atoms with E-state index in [4.69, 9.17) is 0 Å². The Hall–Kier alpha value is -0.603. The fraction of sp³-hybridized carbons (Fsp3) is 0.833. The standard InChI is InChI=1S/C6H11F3O4Si/c1-3-11-14(9,12-4-2)13-6(10)5(7)8/h5H,3-4H2,1-2H3. The lowest BCUT2D eigenvalue weighted by molar-refractivity contribution is -0.153. The van der Waals surface area contributed by atoms with Crippen LogP contribution in [0.25, 0.3) is 0 Å². The van der Waals surface area contributed by atoms with Crippen LogP contribution in [0.5, 0.6) is 0 Å². The van der Waals surface area contributed by atoms with Crippen LogP contribution in [-0.2, 0) is 18.1 Å². The zero-order valence-corrected chi connectivity index (χ0v) is 8.76. The Morgan fingerprint density at radius 3 is 2.00 bits per heavy atom. The molecular formula is C6H11F3O4Si. The summed E-state index contributed by atoms with van der Waals surface area (Å²) in [7, 11) is -4.70. The van der Waals surface area contributed by atoms with Crippen molar-refractivity contribution in [3.05, 3.63) is 0 Å². The van der Waals surface area contributed by atoms with E-state index >= 15 is 0 Å². The zero-order chi connectivity index (χ0) is 11.2. The molecule has 0 aromatic heterocycles. The quantitative estimate of drug-likeness (QED) is 0.511. The lowest BCUT2D eigenvalue weighted by atomic mass is 10.7. The molecule has 0 aliphatic rings. The summed E-state index contributed by atoms with van der Waals surface area (Å²) in [6, 6.07) is 0. The first-order valence-electron chi connectivity index (χ1n) is 3.93. The number of carbonyl (C=O) groups is 1. The predicted molar refractivity (Wildman–Crippen MR) is 42.2 cm³/mol. The zero-order valence-electron chi connectivity index (χ0n) is 7.76. The van der Waals surface area contributed by atoms with Gasteiger partial charge in [0.1, 0.15) is 0 Å². The molecular weight excluding hydrogens is 221 g/mol. The molecule has 0 aliphatic carbocycles. The second kappa shape index (κ2) is 5.99. The smallest absolute Gasteiger partial charge is 0.445 e. The Kier molecular flexibility index (Phi) is 5.73. The number of alkyl halides is 2. The van der Waals surface area contributed by atoms with Crippen LogP contribution >= 0.6 is 0 Å². The molecule has 0 aromatic rings. The van der Waals surface area contributed by atoms with E-state index in [9.17, 15) is 17.7 Å². The highest BCUT2D eigenvalue weighted by atomic mass is 28.4. The van der Waals surface area contributed by atoms with E-state index in [0.717, 1.165) is 0 Å². The third-order valence-corrected chi connectivity index (χ3v) is 2.75. The first-order valence-corrected chi connectivity index (χ1v) is 5.53. The summed E-state index contributed by atoms with van der Waals surface area (Å²) >= 11 is 0. The van der Waals surface area contributed by atoms with E-state index < -0.39 is 21.5 Å². The summed E-state index contributed by atoms with van der Waals surface area (Å²) < 4.78 is 49.3. The molecule has 0 N–H and O–H groups in total. The molecule has 14 heavy (non-hydrogen) atoms. The molecule has 0 atom stereocenters. The number of hydrogen-bond donors (Lipinski definition) is 0. The third kappa shape index (κ3) is 4.58. The maximum Gasteiger partial charge on any atom is 0.793 e. The molecule has 4 nitrogen and oxygen atoms in total. The van der Waals surface area contributed by atoms with E-state index in [1.807, 2.05) is 0 Å². The van der Waals surface area contributed by atoms with Crippen LogP contribution in [-0.4, -0.2) is 34.7 Å². The molecule has 0 bridgehead atoms. The molecule has 0 amide bonds. The Bertz CT molecular complexity index is 184. The SMILES string of the molecule is CCO[Si](F)(OCC)OC(=O)C(F)F. The average molecular weight is 232 g/mol. The van der Waals surface area contributed by atoms with Gasteiger partial charge in [-0.1, -0.05) is 0 Å². The van der Waals surface area contributed by atoms with Crippen LogP contribution in [0.1, 0.15) is 13.8 Å². The molecule has 0 saturated heterocycles. The minimum atomic E-state index is -4.70. The summed E-state index contributed by atoms with van der Waals surface area (Å²) in [4.78, 5) is 10.4. The van der Waals surface area contributed by atoms with Crippen molar-refractivity contribution in [3.63, 3.8) is 0 Å². The Morgan fingerprint density at radius 2 is 1.71 bits per heavy atom. The van der Waals surface area contributed by atoms with Crippen LogP contribution in [0.15, 0.2) is 0 Å². The van der Waals surface area contributed by atoms with Gasteiger partial charge >= 0.3 is 21.5 Å². The summed E-state index contributed by atoms with van der Waals surface area (Å²) in [6.45, 7) is 2.60. The topological polar surface area (TPSA) is 44.8 Å². The molecule has 0 unspecified atom stereocenters. The van der Waals surface area contributed by atoms with Crippen molar-refractivity contribution in [3.8, 4) is 0 Å². The number of carbonyl (C=O) groups excluding carboxylic acids is 1. The van der Waals surface area contributed by atoms with Crippen molar-refractivity contribution in [2.45, 2.75) is 20.3 Å². The van der Waals surface area contributed by atoms with Gasteiger partial charge in [0, 0.05) is 13.2 Å². The van der Waals surface area contributed by atoms with Crippen molar-refractivity contribution in [1.29, 1.82) is 0 Å². The molecule has 0 heterocycles. The number of halogens is 3. The van der Waals surface area contributed by atoms with Gasteiger partial charge in [0.05, 0.1) is 0 Å². The average Bonchev–Trinajstić information content (AvgIpc) is 2.04. The third-order valence-electron chi connectivity index (χ3n) is 1.03. The normalized spacial score (nSPS) is 11.9. The highest BCUT2D eigenvalue weighted by Gasteiger charge is 2.49. The number of hydrogen-bond acceptors (Lipinski definition) is 4. The summed E-state index contributed by atoms with van der Waals surface area (Å²) in [6.07, 6.45) is -3.39. The lowest BCUT2D eigenvalue weighted by Crippen LogP contribution is -2.44. The van der Waals surface area contributed by atoms with Crippen molar-refractivity contribution < 1.29 is 31.0 Å². The Labute approximate surface area is 80.5 Å². The van der Waals surface area contributed by atoms with Crippen molar-refractivity contribution in [2.75, 3.05) is 13.2 Å². The van der Waals surface area contributed by atoms with Gasteiger partial charge in [-0.25, -0.2) is 8.90 Å². The minimum absolute atomic E-state index is 0.126. The molecule has 0 spiro atoms. The molecule has 0 saturated carbocycles. The maximum atomic E-state index is 13.3. The van der Waals surface area contributed by atoms with Crippen LogP contribution in [0.4, 0.5) is 12.9 Å². The molecule has 0 aromatic carbocycles. The van der Waals surface area contributed by atoms with Gasteiger partial charge in [0.2, 0.25) is 0 Å². The van der Waals surface area contributed by atoms with Gasteiger partial charge in [-0.2, -0.15) is 8.78 Å². The molecule has 0 rings (SSSR count). The first kappa shape index (κ1) is 13.4. The summed E-state index contributed by atoms with van der Waals surface area (Å²) in [5, 5.41) is 0. The monoisotopic (exact) mass is 232 g/mol. The number of rotatable bonds is 6. The van der Waals surface area contributed by atoms with E-state index in [1.165, 1.54) is 13.8 Å². The van der Waals surface area contributed by atoms with Crippen molar-refractivity contribution in [2.24, 2.45) is 0 Å².